The highest BCUT2D eigenvalue weighted by Gasteiger charge is 2.29. The van der Waals surface area contributed by atoms with E-state index >= 15 is 0 Å². The van der Waals surface area contributed by atoms with E-state index in [1.54, 1.807) is 0 Å². The Morgan fingerprint density at radius 1 is 1.35 bits per heavy atom. The maximum Gasteiger partial charge on any atom is 0.305 e. The lowest BCUT2D eigenvalue weighted by molar-refractivity contribution is -0.138. The third-order valence-corrected chi connectivity index (χ3v) is 4.05. The van der Waals surface area contributed by atoms with Crippen LogP contribution in [0.1, 0.15) is 31.4 Å². The molecule has 4 nitrogen and oxygen atoms in total. The Kier molecular flexibility index (Phi) is 5.15. The second-order valence-corrected chi connectivity index (χ2v) is 5.73. The minimum Gasteiger partial charge on any atom is -0.481 e. The number of hydrogen-bond donors (Lipinski definition) is 1. The molecule has 1 aromatic rings. The van der Waals surface area contributed by atoms with Gasteiger partial charge in [0, 0.05) is 25.2 Å². The molecule has 1 aromatic carbocycles. The lowest BCUT2D eigenvalue weighted by Gasteiger charge is -2.35. The second kappa shape index (κ2) is 6.86. The van der Waals surface area contributed by atoms with Crippen molar-refractivity contribution in [3.05, 3.63) is 35.9 Å². The van der Waals surface area contributed by atoms with Crippen molar-refractivity contribution >= 4 is 5.97 Å². The molecule has 2 unspecified atom stereocenters. The van der Waals surface area contributed by atoms with Gasteiger partial charge in [-0.3, -0.25) is 9.69 Å². The van der Waals surface area contributed by atoms with Gasteiger partial charge < -0.3 is 10.0 Å². The molecular weight excluding hydrogens is 252 g/mol. The predicted octanol–water partition coefficient (Wildman–Crippen LogP) is 2.23. The molecule has 0 saturated carbocycles. The monoisotopic (exact) mass is 276 g/mol. The third kappa shape index (κ3) is 3.81. The number of aliphatic carboxylic acids is 1. The van der Waals surface area contributed by atoms with Crippen LogP contribution < -0.4 is 0 Å². The molecule has 20 heavy (non-hydrogen) atoms. The summed E-state index contributed by atoms with van der Waals surface area (Å²) in [6.07, 6.45) is 1.25. The summed E-state index contributed by atoms with van der Waals surface area (Å²) in [5, 5.41) is 9.25. The van der Waals surface area contributed by atoms with Crippen LogP contribution in [0.4, 0.5) is 0 Å². The van der Waals surface area contributed by atoms with Gasteiger partial charge in [-0.15, -0.1) is 0 Å². The van der Waals surface area contributed by atoms with E-state index in [0.717, 1.165) is 31.6 Å². The topological polar surface area (TPSA) is 43.8 Å². The van der Waals surface area contributed by atoms with Crippen LogP contribution in [0.2, 0.25) is 0 Å². The molecule has 0 aliphatic carbocycles. The Hall–Kier alpha value is -1.39. The Morgan fingerprint density at radius 2 is 2.05 bits per heavy atom. The minimum atomic E-state index is -0.733. The van der Waals surface area contributed by atoms with Gasteiger partial charge in [-0.25, -0.2) is 0 Å². The van der Waals surface area contributed by atoms with E-state index in [1.807, 2.05) is 30.3 Å². The van der Waals surface area contributed by atoms with Crippen LogP contribution in [-0.4, -0.2) is 53.6 Å². The number of rotatable bonds is 4. The summed E-state index contributed by atoms with van der Waals surface area (Å²) in [5.41, 5.74) is 1.10. The second-order valence-electron chi connectivity index (χ2n) is 5.73. The average molecular weight is 276 g/mol. The van der Waals surface area contributed by atoms with Gasteiger partial charge >= 0.3 is 5.97 Å². The first-order valence-electron chi connectivity index (χ1n) is 7.29. The number of hydrogen-bond acceptors (Lipinski definition) is 3. The first kappa shape index (κ1) is 15.0. The Bertz CT molecular complexity index is 435. The average Bonchev–Trinajstić information content (AvgIpc) is 2.57. The van der Waals surface area contributed by atoms with E-state index in [-0.39, 0.29) is 12.5 Å². The molecule has 1 heterocycles. The first-order valence-corrected chi connectivity index (χ1v) is 7.29. The van der Waals surface area contributed by atoms with Gasteiger partial charge in [0.15, 0.2) is 0 Å². The normalized spacial score (nSPS) is 23.2. The zero-order chi connectivity index (χ0) is 14.5. The maximum atomic E-state index is 11.2. The van der Waals surface area contributed by atoms with Crippen LogP contribution in [-0.2, 0) is 4.79 Å². The summed E-state index contributed by atoms with van der Waals surface area (Å²) < 4.78 is 0. The fourth-order valence-electron chi connectivity index (χ4n) is 3.12. The third-order valence-electron chi connectivity index (χ3n) is 4.05. The van der Waals surface area contributed by atoms with Gasteiger partial charge in [0.1, 0.15) is 0 Å². The molecule has 2 atom stereocenters. The first-order chi connectivity index (χ1) is 9.58. The lowest BCUT2D eigenvalue weighted by Crippen LogP contribution is -2.41. The molecule has 1 saturated heterocycles. The van der Waals surface area contributed by atoms with Crippen molar-refractivity contribution in [2.24, 2.45) is 0 Å². The molecule has 1 aliphatic heterocycles. The van der Waals surface area contributed by atoms with E-state index in [1.165, 1.54) is 0 Å². The van der Waals surface area contributed by atoms with E-state index in [0.29, 0.717) is 6.04 Å². The number of carbonyl (C=O) groups is 1. The van der Waals surface area contributed by atoms with Crippen molar-refractivity contribution in [1.82, 2.24) is 9.80 Å². The summed E-state index contributed by atoms with van der Waals surface area (Å²) in [6, 6.07) is 10.4. The summed E-state index contributed by atoms with van der Waals surface area (Å²) in [4.78, 5) is 15.9. The standard InChI is InChI=1S/C16H24N2O2/c1-13-12-17(2)9-6-10-18(13)15(11-16(19)20)14-7-4-3-5-8-14/h3-5,7-8,13,15H,6,9-12H2,1-2H3,(H,19,20). The smallest absolute Gasteiger partial charge is 0.305 e. The van der Waals surface area contributed by atoms with Crippen molar-refractivity contribution in [2.75, 3.05) is 26.7 Å². The number of carboxylic acids is 1. The molecule has 1 fully saturated rings. The number of nitrogens with zero attached hydrogens (tertiary/aromatic N) is 2. The molecule has 1 aliphatic rings. The van der Waals surface area contributed by atoms with Crippen molar-refractivity contribution in [1.29, 1.82) is 0 Å². The van der Waals surface area contributed by atoms with Gasteiger partial charge in [0.25, 0.3) is 0 Å². The minimum absolute atomic E-state index is 0.0322. The van der Waals surface area contributed by atoms with Gasteiger partial charge in [-0.05, 0) is 32.5 Å². The zero-order valence-electron chi connectivity index (χ0n) is 12.3. The van der Waals surface area contributed by atoms with Crippen molar-refractivity contribution in [3.8, 4) is 0 Å². The van der Waals surface area contributed by atoms with Crippen LogP contribution in [0.25, 0.3) is 0 Å². The van der Waals surface area contributed by atoms with Gasteiger partial charge in [-0.2, -0.15) is 0 Å². The fourth-order valence-corrected chi connectivity index (χ4v) is 3.12. The van der Waals surface area contributed by atoms with Crippen molar-refractivity contribution in [2.45, 2.75) is 31.8 Å². The van der Waals surface area contributed by atoms with Gasteiger partial charge in [0.2, 0.25) is 0 Å². The zero-order valence-corrected chi connectivity index (χ0v) is 12.3. The van der Waals surface area contributed by atoms with Gasteiger partial charge in [-0.1, -0.05) is 30.3 Å². The van der Waals surface area contributed by atoms with Crippen LogP contribution in [0.3, 0.4) is 0 Å². The highest BCUT2D eigenvalue weighted by atomic mass is 16.4. The summed E-state index contributed by atoms with van der Waals surface area (Å²) in [5.74, 6) is -0.733. The Labute approximate surface area is 121 Å². The maximum absolute atomic E-state index is 11.2. The molecule has 110 valence electrons. The highest BCUT2D eigenvalue weighted by molar-refractivity contribution is 5.68. The highest BCUT2D eigenvalue weighted by Crippen LogP contribution is 2.28. The van der Waals surface area contributed by atoms with E-state index in [9.17, 15) is 9.90 Å². The molecule has 4 heteroatoms. The van der Waals surface area contributed by atoms with Gasteiger partial charge in [0.05, 0.1) is 6.42 Å². The molecule has 0 aromatic heterocycles. The largest absolute Gasteiger partial charge is 0.481 e. The quantitative estimate of drug-likeness (QED) is 0.916. The SMILES string of the molecule is CC1CN(C)CCCN1C(CC(=O)O)c1ccccc1. The number of carboxylic acid groups (broad SMARTS) is 1. The lowest BCUT2D eigenvalue weighted by atomic mass is 10.00. The summed E-state index contributed by atoms with van der Waals surface area (Å²) in [6.45, 7) is 5.22. The van der Waals surface area contributed by atoms with E-state index in [4.69, 9.17) is 0 Å². The molecular formula is C16H24N2O2. The molecule has 0 bridgehead atoms. The van der Waals surface area contributed by atoms with Crippen LogP contribution >= 0.6 is 0 Å². The summed E-state index contributed by atoms with van der Waals surface area (Å²) in [7, 11) is 2.13. The fraction of sp³-hybridized carbons (Fsp3) is 0.562. The van der Waals surface area contributed by atoms with E-state index in [2.05, 4.69) is 23.8 Å². The predicted molar refractivity (Wildman–Crippen MR) is 79.7 cm³/mol. The van der Waals surface area contributed by atoms with E-state index < -0.39 is 5.97 Å². The molecule has 0 amide bonds. The number of benzene rings is 1. The number of likely N-dealkylation sites (N-methyl/N-ethyl adjacent to an activating group) is 1. The Balaban J connectivity index is 2.23. The van der Waals surface area contributed by atoms with Crippen LogP contribution in [0.5, 0.6) is 0 Å². The van der Waals surface area contributed by atoms with Crippen molar-refractivity contribution in [3.63, 3.8) is 0 Å². The molecule has 1 N–H and O–H groups in total. The van der Waals surface area contributed by atoms with Crippen LogP contribution in [0.15, 0.2) is 30.3 Å². The molecule has 0 radical (unpaired) electrons. The molecule has 2 rings (SSSR count). The summed E-state index contributed by atoms with van der Waals surface area (Å²) >= 11 is 0. The Morgan fingerprint density at radius 3 is 2.70 bits per heavy atom. The van der Waals surface area contributed by atoms with Crippen LogP contribution in [0, 0.1) is 0 Å². The molecule has 0 spiro atoms. The van der Waals surface area contributed by atoms with Crippen molar-refractivity contribution < 1.29 is 9.90 Å².